The van der Waals surface area contributed by atoms with E-state index in [2.05, 4.69) is 45.2 Å². The number of anilines is 2. The molecular weight excluding hydrogens is 362 g/mol. The first kappa shape index (κ1) is 15.8. The molecule has 27 heavy (non-hydrogen) atoms. The van der Waals surface area contributed by atoms with Gasteiger partial charge in [-0.2, -0.15) is 11.8 Å². The maximum absolute atomic E-state index is 12.5. The quantitative estimate of drug-likeness (QED) is 0.808. The Bertz CT molecular complexity index is 876. The van der Waals surface area contributed by atoms with Gasteiger partial charge in [-0.1, -0.05) is 5.21 Å². The van der Waals surface area contributed by atoms with Crippen molar-refractivity contribution in [2.45, 2.75) is 25.1 Å². The summed E-state index contributed by atoms with van der Waals surface area (Å²) in [6.07, 6.45) is 3.85. The number of benzene rings is 1. The molecule has 3 saturated heterocycles. The second-order valence-electron chi connectivity index (χ2n) is 7.96. The van der Waals surface area contributed by atoms with E-state index in [9.17, 15) is 4.79 Å². The van der Waals surface area contributed by atoms with Crippen LogP contribution in [0.2, 0.25) is 0 Å². The van der Waals surface area contributed by atoms with Crippen molar-refractivity contribution in [2.24, 2.45) is 11.8 Å². The van der Waals surface area contributed by atoms with Gasteiger partial charge in [-0.15, -0.1) is 5.10 Å². The summed E-state index contributed by atoms with van der Waals surface area (Å²) < 4.78 is 7.36. The van der Waals surface area contributed by atoms with Gasteiger partial charge in [0.15, 0.2) is 0 Å². The highest BCUT2D eigenvalue weighted by atomic mass is 32.2. The first-order valence-electron chi connectivity index (χ1n) is 9.56. The van der Waals surface area contributed by atoms with E-state index in [1.807, 2.05) is 4.90 Å². The van der Waals surface area contributed by atoms with E-state index in [1.54, 1.807) is 17.1 Å². The molecule has 0 radical (unpaired) electrons. The minimum absolute atomic E-state index is 0.0429. The van der Waals surface area contributed by atoms with Crippen LogP contribution in [-0.2, 0) is 17.7 Å². The molecule has 8 heteroatoms. The largest absolute Gasteiger partial charge is 0.442 e. The minimum atomic E-state index is -0.246. The van der Waals surface area contributed by atoms with Gasteiger partial charge in [-0.3, -0.25) is 4.90 Å². The number of ether oxygens (including phenoxy) is 1. The second-order valence-corrected chi connectivity index (χ2v) is 9.04. The van der Waals surface area contributed by atoms with Gasteiger partial charge < -0.3 is 9.64 Å². The third kappa shape index (κ3) is 2.46. The molecule has 7 nitrogen and oxygen atoms in total. The van der Waals surface area contributed by atoms with Crippen LogP contribution in [0.1, 0.15) is 5.56 Å². The Morgan fingerprint density at radius 2 is 2.07 bits per heavy atom. The molecule has 140 valence electrons. The summed E-state index contributed by atoms with van der Waals surface area (Å²) in [7, 11) is 0. The average molecular weight is 383 g/mol. The lowest BCUT2D eigenvalue weighted by molar-refractivity contribution is 0.117. The van der Waals surface area contributed by atoms with Crippen LogP contribution in [0.15, 0.2) is 30.6 Å². The Hall–Kier alpha value is -2.22. The van der Waals surface area contributed by atoms with Crippen molar-refractivity contribution in [3.8, 4) is 0 Å². The predicted molar refractivity (Wildman–Crippen MR) is 103 cm³/mol. The molecule has 0 N–H and O–H groups in total. The molecule has 0 spiro atoms. The maximum atomic E-state index is 12.5. The zero-order valence-electron chi connectivity index (χ0n) is 14.9. The van der Waals surface area contributed by atoms with Gasteiger partial charge in [0.25, 0.3) is 0 Å². The molecule has 2 aromatic rings. The number of nitrogens with zero attached hydrogens (tertiary/aromatic N) is 5. The van der Waals surface area contributed by atoms with Crippen LogP contribution >= 0.6 is 11.8 Å². The van der Waals surface area contributed by atoms with Gasteiger partial charge in [-0.05, 0) is 53.5 Å². The Morgan fingerprint density at radius 1 is 1.22 bits per heavy atom. The second kappa shape index (κ2) is 5.89. The zero-order chi connectivity index (χ0) is 18.0. The normalized spacial score (nSPS) is 31.2. The molecule has 4 aliphatic heterocycles. The van der Waals surface area contributed by atoms with Crippen molar-refractivity contribution in [2.75, 3.05) is 34.4 Å². The standard InChI is InChI=1S/C19H21N5O2S/c25-19-24-16-2-1-15(22-7-13-10-27-11-14(13)8-22)5-12(16)6-17(24)18(26-19)9-23-4-3-20-21-23/h1-5,13-14,17-18H,6-11H2/t13?,14?,17-,18-/m0/s1. The van der Waals surface area contributed by atoms with Crippen LogP contribution in [0.25, 0.3) is 0 Å². The van der Waals surface area contributed by atoms with Crippen LogP contribution in [0.3, 0.4) is 0 Å². The van der Waals surface area contributed by atoms with Gasteiger partial charge in [-0.25, -0.2) is 9.48 Å². The summed E-state index contributed by atoms with van der Waals surface area (Å²) in [6.45, 7) is 2.88. The fourth-order valence-electron chi connectivity index (χ4n) is 5.03. The Balaban J connectivity index is 1.25. The lowest BCUT2D eigenvalue weighted by atomic mass is 10.0. The highest BCUT2D eigenvalue weighted by Gasteiger charge is 2.48. The number of hydrogen-bond donors (Lipinski definition) is 0. The number of aromatic nitrogens is 3. The fourth-order valence-corrected chi connectivity index (χ4v) is 6.53. The molecule has 1 aromatic heterocycles. The van der Waals surface area contributed by atoms with Crippen LogP contribution < -0.4 is 9.80 Å². The van der Waals surface area contributed by atoms with Crippen LogP contribution in [0.4, 0.5) is 16.2 Å². The summed E-state index contributed by atoms with van der Waals surface area (Å²) in [5, 5.41) is 7.85. The van der Waals surface area contributed by atoms with Crippen LogP contribution in [-0.4, -0.2) is 57.8 Å². The number of fused-ring (bicyclic) bond motifs is 4. The highest BCUT2D eigenvalue weighted by molar-refractivity contribution is 7.99. The third-order valence-corrected chi connectivity index (χ3v) is 7.73. The molecule has 0 aliphatic carbocycles. The lowest BCUT2D eigenvalue weighted by Crippen LogP contribution is -2.35. The summed E-state index contributed by atoms with van der Waals surface area (Å²) >= 11 is 2.10. The number of hydrogen-bond acceptors (Lipinski definition) is 6. The first-order chi connectivity index (χ1) is 13.3. The summed E-state index contributed by atoms with van der Waals surface area (Å²) in [4.78, 5) is 16.8. The Morgan fingerprint density at radius 3 is 2.85 bits per heavy atom. The molecule has 3 fully saturated rings. The molecule has 4 atom stereocenters. The number of carbonyl (C=O) groups is 1. The summed E-state index contributed by atoms with van der Waals surface area (Å²) in [5.41, 5.74) is 3.56. The molecule has 5 heterocycles. The highest BCUT2D eigenvalue weighted by Crippen LogP contribution is 2.43. The topological polar surface area (TPSA) is 63.5 Å². The van der Waals surface area contributed by atoms with Gasteiger partial charge in [0.2, 0.25) is 0 Å². The van der Waals surface area contributed by atoms with Crippen molar-refractivity contribution in [1.29, 1.82) is 0 Å². The van der Waals surface area contributed by atoms with Crippen molar-refractivity contribution in [3.05, 3.63) is 36.2 Å². The van der Waals surface area contributed by atoms with Gasteiger partial charge in [0, 0.05) is 25.0 Å². The number of amides is 1. The monoisotopic (exact) mass is 383 g/mol. The van der Waals surface area contributed by atoms with E-state index in [-0.39, 0.29) is 18.2 Å². The Labute approximate surface area is 161 Å². The van der Waals surface area contributed by atoms with E-state index in [1.165, 1.54) is 35.8 Å². The average Bonchev–Trinajstić information content (AvgIpc) is 3.42. The van der Waals surface area contributed by atoms with E-state index < -0.39 is 0 Å². The zero-order valence-corrected chi connectivity index (χ0v) is 15.7. The Kier molecular flexibility index (Phi) is 3.45. The molecule has 6 rings (SSSR count). The fraction of sp³-hybridized carbons (Fsp3) is 0.526. The minimum Gasteiger partial charge on any atom is -0.442 e. The van der Waals surface area contributed by atoms with E-state index in [0.29, 0.717) is 6.54 Å². The predicted octanol–water partition coefficient (Wildman–Crippen LogP) is 2.03. The first-order valence-corrected chi connectivity index (χ1v) is 10.7. The SMILES string of the molecule is O=C1O[C@@H](Cn2ccnn2)[C@@H]2Cc3cc(N4CC5CSCC5C4)ccc3N12. The van der Waals surface area contributed by atoms with Crippen LogP contribution in [0, 0.1) is 11.8 Å². The van der Waals surface area contributed by atoms with Crippen molar-refractivity contribution in [3.63, 3.8) is 0 Å². The van der Waals surface area contributed by atoms with Gasteiger partial charge >= 0.3 is 6.09 Å². The molecule has 2 unspecified atom stereocenters. The van der Waals surface area contributed by atoms with Gasteiger partial charge in [0.1, 0.15) is 6.10 Å². The molecule has 4 aliphatic rings. The van der Waals surface area contributed by atoms with Gasteiger partial charge in [0.05, 0.1) is 24.5 Å². The lowest BCUT2D eigenvalue weighted by Gasteiger charge is -2.21. The van der Waals surface area contributed by atoms with Crippen molar-refractivity contribution < 1.29 is 9.53 Å². The van der Waals surface area contributed by atoms with Crippen molar-refractivity contribution >= 4 is 29.2 Å². The molecule has 0 bridgehead atoms. The third-order valence-electron chi connectivity index (χ3n) is 6.41. The smallest absolute Gasteiger partial charge is 0.415 e. The maximum Gasteiger partial charge on any atom is 0.415 e. The number of thioether (sulfide) groups is 1. The van der Waals surface area contributed by atoms with E-state index in [0.717, 1.165) is 23.9 Å². The van der Waals surface area contributed by atoms with Crippen molar-refractivity contribution in [1.82, 2.24) is 15.0 Å². The number of carbonyl (C=O) groups excluding carboxylic acids is 1. The van der Waals surface area contributed by atoms with E-state index in [4.69, 9.17) is 4.74 Å². The van der Waals surface area contributed by atoms with Crippen LogP contribution in [0.5, 0.6) is 0 Å². The summed E-state index contributed by atoms with van der Waals surface area (Å²) in [6, 6.07) is 6.61. The molecule has 1 aromatic carbocycles. The molecule has 1 amide bonds. The molecule has 0 saturated carbocycles. The van der Waals surface area contributed by atoms with E-state index >= 15 is 0 Å². The summed E-state index contributed by atoms with van der Waals surface area (Å²) in [5.74, 6) is 4.29. The number of cyclic esters (lactones) is 1. The molecular formula is C19H21N5O2S. The number of rotatable bonds is 3.